The third kappa shape index (κ3) is 3.33. The molecule has 1 fully saturated rings. The fourth-order valence-corrected chi connectivity index (χ4v) is 2.10. The van der Waals surface area contributed by atoms with Crippen LogP contribution in [0, 0.1) is 0 Å². The van der Waals surface area contributed by atoms with Crippen molar-refractivity contribution in [3.05, 3.63) is 22.2 Å². The monoisotopic (exact) mass is 266 g/mol. The Labute approximate surface area is 113 Å². The number of nitrogens with two attached hydrogens (primary N) is 1. The Kier molecular flexibility index (Phi) is 4.21. The van der Waals surface area contributed by atoms with Crippen molar-refractivity contribution in [1.82, 2.24) is 9.97 Å². The van der Waals surface area contributed by atoms with Crippen LogP contribution in [-0.2, 0) is 4.74 Å². The SMILES string of the molecule is CC(C)c1nc(N2CCOC(C(C)N)C2)cc(=O)[nH]1. The van der Waals surface area contributed by atoms with Crippen molar-refractivity contribution in [3.8, 4) is 0 Å². The molecule has 2 rings (SSSR count). The van der Waals surface area contributed by atoms with Gasteiger partial charge in [-0.05, 0) is 6.92 Å². The van der Waals surface area contributed by atoms with E-state index >= 15 is 0 Å². The number of nitrogens with one attached hydrogen (secondary N) is 1. The van der Waals surface area contributed by atoms with E-state index in [1.165, 1.54) is 6.07 Å². The molecule has 0 bridgehead atoms. The Hall–Kier alpha value is -1.40. The van der Waals surface area contributed by atoms with Crippen LogP contribution in [-0.4, -0.2) is 41.8 Å². The molecule has 1 aliphatic heterocycles. The first-order valence-corrected chi connectivity index (χ1v) is 6.70. The summed E-state index contributed by atoms with van der Waals surface area (Å²) in [5.41, 5.74) is 5.76. The van der Waals surface area contributed by atoms with Gasteiger partial charge in [0.05, 0.1) is 12.7 Å². The van der Waals surface area contributed by atoms with Crippen LogP contribution in [0.15, 0.2) is 10.9 Å². The van der Waals surface area contributed by atoms with Gasteiger partial charge in [-0.3, -0.25) is 4.79 Å². The molecule has 0 aromatic carbocycles. The number of aromatic nitrogens is 2. The molecule has 0 saturated carbocycles. The first-order valence-electron chi connectivity index (χ1n) is 6.70. The Balaban J connectivity index is 2.23. The minimum absolute atomic E-state index is 0.0164. The summed E-state index contributed by atoms with van der Waals surface area (Å²) in [5.74, 6) is 1.62. The Morgan fingerprint density at radius 2 is 2.26 bits per heavy atom. The highest BCUT2D eigenvalue weighted by atomic mass is 16.5. The number of hydrogen-bond donors (Lipinski definition) is 2. The largest absolute Gasteiger partial charge is 0.373 e. The predicted molar refractivity (Wildman–Crippen MR) is 74.5 cm³/mol. The highest BCUT2D eigenvalue weighted by Crippen LogP contribution is 2.17. The Morgan fingerprint density at radius 3 is 2.89 bits per heavy atom. The number of aromatic amines is 1. The normalized spacial score (nSPS) is 21.7. The third-order valence-corrected chi connectivity index (χ3v) is 3.30. The third-order valence-electron chi connectivity index (χ3n) is 3.30. The molecule has 6 heteroatoms. The second kappa shape index (κ2) is 5.71. The zero-order chi connectivity index (χ0) is 14.0. The van der Waals surface area contributed by atoms with Crippen LogP contribution in [0.3, 0.4) is 0 Å². The summed E-state index contributed by atoms with van der Waals surface area (Å²) in [6.07, 6.45) is -0.0164. The number of H-pyrrole nitrogens is 1. The van der Waals surface area contributed by atoms with Crippen LogP contribution in [0.5, 0.6) is 0 Å². The van der Waals surface area contributed by atoms with Crippen molar-refractivity contribution in [1.29, 1.82) is 0 Å². The highest BCUT2D eigenvalue weighted by Gasteiger charge is 2.24. The first kappa shape index (κ1) is 14.0. The zero-order valence-electron chi connectivity index (χ0n) is 11.7. The average Bonchev–Trinajstić information content (AvgIpc) is 2.38. The number of rotatable bonds is 3. The number of ether oxygens (including phenoxy) is 1. The van der Waals surface area contributed by atoms with Gasteiger partial charge in [-0.1, -0.05) is 13.8 Å². The number of morpholine rings is 1. The van der Waals surface area contributed by atoms with Gasteiger partial charge in [0.1, 0.15) is 11.6 Å². The maximum absolute atomic E-state index is 11.7. The van der Waals surface area contributed by atoms with Crippen LogP contribution >= 0.6 is 0 Å². The number of nitrogens with zero attached hydrogens (tertiary/aromatic N) is 2. The molecule has 106 valence electrons. The van der Waals surface area contributed by atoms with E-state index in [1.807, 2.05) is 20.8 Å². The van der Waals surface area contributed by atoms with Gasteiger partial charge in [0.2, 0.25) is 0 Å². The molecular formula is C13H22N4O2. The van der Waals surface area contributed by atoms with Crippen molar-refractivity contribution in [2.45, 2.75) is 38.8 Å². The first-order chi connectivity index (χ1) is 8.97. The summed E-state index contributed by atoms with van der Waals surface area (Å²) in [7, 11) is 0. The summed E-state index contributed by atoms with van der Waals surface area (Å²) >= 11 is 0. The molecule has 0 spiro atoms. The topological polar surface area (TPSA) is 84.2 Å². The zero-order valence-corrected chi connectivity index (χ0v) is 11.7. The van der Waals surface area contributed by atoms with Crippen molar-refractivity contribution >= 4 is 5.82 Å². The second-order valence-corrected chi connectivity index (χ2v) is 5.36. The Morgan fingerprint density at radius 1 is 1.53 bits per heavy atom. The molecule has 19 heavy (non-hydrogen) atoms. The lowest BCUT2D eigenvalue weighted by molar-refractivity contribution is 0.0273. The lowest BCUT2D eigenvalue weighted by atomic mass is 10.1. The van der Waals surface area contributed by atoms with E-state index in [-0.39, 0.29) is 23.6 Å². The minimum atomic E-state index is -0.113. The van der Waals surface area contributed by atoms with E-state index in [0.29, 0.717) is 24.8 Å². The van der Waals surface area contributed by atoms with Gasteiger partial charge in [-0.15, -0.1) is 0 Å². The van der Waals surface area contributed by atoms with Crippen LogP contribution in [0.2, 0.25) is 0 Å². The summed E-state index contributed by atoms with van der Waals surface area (Å²) in [6, 6.07) is 1.50. The van der Waals surface area contributed by atoms with Crippen molar-refractivity contribution in [3.63, 3.8) is 0 Å². The highest BCUT2D eigenvalue weighted by molar-refractivity contribution is 5.38. The molecule has 0 radical (unpaired) electrons. The van der Waals surface area contributed by atoms with Crippen molar-refractivity contribution < 1.29 is 4.74 Å². The molecule has 2 heterocycles. The van der Waals surface area contributed by atoms with E-state index in [2.05, 4.69) is 14.9 Å². The van der Waals surface area contributed by atoms with E-state index in [1.54, 1.807) is 0 Å². The molecule has 0 aliphatic carbocycles. The van der Waals surface area contributed by atoms with Crippen LogP contribution < -0.4 is 16.2 Å². The van der Waals surface area contributed by atoms with Gasteiger partial charge in [0.25, 0.3) is 5.56 Å². The summed E-state index contributed by atoms with van der Waals surface area (Å²) in [4.78, 5) is 21.1. The van der Waals surface area contributed by atoms with Gasteiger partial charge in [-0.25, -0.2) is 4.98 Å². The standard InChI is InChI=1S/C13H22N4O2/c1-8(2)13-15-11(6-12(18)16-13)17-4-5-19-10(7-17)9(3)14/h6,8-10H,4-5,7,14H2,1-3H3,(H,15,16,18). The summed E-state index contributed by atoms with van der Waals surface area (Å²) < 4.78 is 5.62. The maximum atomic E-state index is 11.7. The van der Waals surface area contributed by atoms with Gasteiger partial charge in [-0.2, -0.15) is 0 Å². The summed E-state index contributed by atoms with van der Waals surface area (Å²) in [5, 5.41) is 0. The summed E-state index contributed by atoms with van der Waals surface area (Å²) in [6.45, 7) is 7.96. The molecular weight excluding hydrogens is 244 g/mol. The smallest absolute Gasteiger partial charge is 0.252 e. The molecule has 2 atom stereocenters. The predicted octanol–water partition coefficient (Wildman–Crippen LogP) is 0.446. The van der Waals surface area contributed by atoms with Crippen LogP contribution in [0.1, 0.15) is 32.5 Å². The van der Waals surface area contributed by atoms with E-state index < -0.39 is 0 Å². The van der Waals surface area contributed by atoms with Crippen LogP contribution in [0.25, 0.3) is 0 Å². The van der Waals surface area contributed by atoms with Crippen molar-refractivity contribution in [2.24, 2.45) is 5.73 Å². The quantitative estimate of drug-likeness (QED) is 0.829. The van der Waals surface area contributed by atoms with Gasteiger partial charge >= 0.3 is 0 Å². The molecule has 1 aliphatic rings. The van der Waals surface area contributed by atoms with E-state index in [4.69, 9.17) is 10.5 Å². The lowest BCUT2D eigenvalue weighted by Crippen LogP contribution is -2.50. The van der Waals surface area contributed by atoms with E-state index in [9.17, 15) is 4.79 Å². The molecule has 6 nitrogen and oxygen atoms in total. The molecule has 2 unspecified atom stereocenters. The van der Waals surface area contributed by atoms with Gasteiger partial charge < -0.3 is 20.4 Å². The van der Waals surface area contributed by atoms with E-state index in [0.717, 1.165) is 6.54 Å². The minimum Gasteiger partial charge on any atom is -0.373 e. The van der Waals surface area contributed by atoms with Crippen LogP contribution in [0.4, 0.5) is 5.82 Å². The molecule has 1 saturated heterocycles. The number of anilines is 1. The fraction of sp³-hybridized carbons (Fsp3) is 0.692. The maximum Gasteiger partial charge on any atom is 0.252 e. The number of hydrogen-bond acceptors (Lipinski definition) is 5. The molecule has 1 aromatic rings. The molecule has 3 N–H and O–H groups in total. The Bertz CT molecular complexity index is 484. The molecule has 0 amide bonds. The van der Waals surface area contributed by atoms with Gasteiger partial charge in [0, 0.05) is 31.1 Å². The van der Waals surface area contributed by atoms with Gasteiger partial charge in [0.15, 0.2) is 0 Å². The fourth-order valence-electron chi connectivity index (χ4n) is 2.10. The van der Waals surface area contributed by atoms with Crippen molar-refractivity contribution in [2.75, 3.05) is 24.6 Å². The molecule has 1 aromatic heterocycles. The second-order valence-electron chi connectivity index (χ2n) is 5.36. The average molecular weight is 266 g/mol. The lowest BCUT2D eigenvalue weighted by Gasteiger charge is -2.35.